The van der Waals surface area contributed by atoms with Crippen molar-refractivity contribution in [1.82, 2.24) is 15.2 Å². The summed E-state index contributed by atoms with van der Waals surface area (Å²) < 4.78 is 6.16. The quantitative estimate of drug-likeness (QED) is 0.0602. The van der Waals surface area contributed by atoms with Crippen molar-refractivity contribution in [3.8, 4) is 5.75 Å². The van der Waals surface area contributed by atoms with Gasteiger partial charge in [0.25, 0.3) is 0 Å². The van der Waals surface area contributed by atoms with Crippen LogP contribution in [-0.4, -0.2) is 70.0 Å². The summed E-state index contributed by atoms with van der Waals surface area (Å²) in [5.74, 6) is 0.293. The van der Waals surface area contributed by atoms with Crippen molar-refractivity contribution in [2.45, 2.75) is 88.1 Å². The van der Waals surface area contributed by atoms with E-state index >= 15 is 0 Å². The normalized spacial score (nSPS) is 21.1. The molecule has 9 nitrogen and oxygen atoms in total. The lowest BCUT2D eigenvalue weighted by Crippen LogP contribution is -2.42. The van der Waals surface area contributed by atoms with Gasteiger partial charge in [-0.1, -0.05) is 50.3 Å². The number of rotatable bonds is 18. The second-order valence-electron chi connectivity index (χ2n) is 13.8. The third-order valence-corrected chi connectivity index (χ3v) is 12.5. The summed E-state index contributed by atoms with van der Waals surface area (Å²) in [6, 6.07) is 14.0. The first-order chi connectivity index (χ1) is 23.8. The van der Waals surface area contributed by atoms with E-state index < -0.39 is 17.7 Å². The number of nitrogens with one attached hydrogen (secondary N) is 2. The number of phenolic OH excluding ortho intramolecular Hbond substituents is 1. The van der Waals surface area contributed by atoms with Crippen LogP contribution in [0.1, 0.15) is 85.6 Å². The van der Waals surface area contributed by atoms with Crippen LogP contribution in [0.25, 0.3) is 10.9 Å². The Morgan fingerprint density at radius 3 is 2.39 bits per heavy atom. The van der Waals surface area contributed by atoms with Crippen LogP contribution < -0.4 is 10.9 Å². The Kier molecular flexibility index (Phi) is 11.9. The number of nitrogens with zero attached hydrogens (tertiary/aromatic N) is 1. The van der Waals surface area contributed by atoms with Crippen LogP contribution in [0.3, 0.4) is 0 Å². The van der Waals surface area contributed by atoms with Gasteiger partial charge in [0.1, 0.15) is 11.9 Å². The number of aromatic amines is 1. The van der Waals surface area contributed by atoms with Gasteiger partial charge in [-0.05, 0) is 98.7 Å². The van der Waals surface area contributed by atoms with E-state index in [0.29, 0.717) is 50.6 Å². The lowest BCUT2D eigenvalue weighted by molar-refractivity contribution is -0.170. The number of aromatic nitrogens is 1. The number of unbranched alkanes of at least 4 members (excludes halogenated alkanes) is 6. The van der Waals surface area contributed by atoms with E-state index in [0.717, 1.165) is 45.2 Å². The second-order valence-corrected chi connectivity index (χ2v) is 15.7. The van der Waals surface area contributed by atoms with Crippen molar-refractivity contribution in [2.24, 2.45) is 11.8 Å². The number of aliphatic hydroxyl groups excluding tert-OH is 1. The van der Waals surface area contributed by atoms with Gasteiger partial charge in [0.15, 0.2) is 0 Å². The number of phenols is 1. The Hall–Kier alpha value is -3.06. The third kappa shape index (κ3) is 7.97. The van der Waals surface area contributed by atoms with Crippen LogP contribution in [0.5, 0.6) is 5.75 Å². The summed E-state index contributed by atoms with van der Waals surface area (Å²) in [6.07, 6.45) is 10.4. The molecule has 0 aliphatic heterocycles. The minimum Gasteiger partial charge on any atom is -0.506 e. The summed E-state index contributed by atoms with van der Waals surface area (Å²) in [6.45, 7) is 2.28. The first-order valence-electron chi connectivity index (χ1n) is 17.7. The molecule has 1 aromatic carbocycles. The molecule has 0 spiro atoms. The molecule has 0 amide bonds. The minimum atomic E-state index is -1.75. The molecule has 11 heteroatoms. The largest absolute Gasteiger partial charge is 0.506 e. The van der Waals surface area contributed by atoms with Crippen LogP contribution in [0.2, 0.25) is 0 Å². The predicted octanol–water partition coefficient (Wildman–Crippen LogP) is 6.29. The topological polar surface area (TPSA) is 135 Å². The average Bonchev–Trinajstić information content (AvgIpc) is 3.93. The fourth-order valence-electron chi connectivity index (χ4n) is 8.11. The van der Waals surface area contributed by atoms with Crippen molar-refractivity contribution in [1.29, 1.82) is 0 Å². The average molecular weight is 708 g/mol. The highest BCUT2D eigenvalue weighted by molar-refractivity contribution is 7.12. The Bertz CT molecular complexity index is 1670. The minimum absolute atomic E-state index is 0.00622. The Morgan fingerprint density at radius 1 is 1.00 bits per heavy atom. The molecule has 5 atom stereocenters. The maximum absolute atomic E-state index is 13.6. The van der Waals surface area contributed by atoms with Crippen LogP contribution in [-0.2, 0) is 15.1 Å². The molecule has 3 aromatic heterocycles. The number of aromatic hydroxyl groups is 1. The first kappa shape index (κ1) is 35.8. The number of carbonyl (C=O) groups is 1. The van der Waals surface area contributed by atoms with Gasteiger partial charge in [-0.25, -0.2) is 4.79 Å². The van der Waals surface area contributed by atoms with E-state index in [1.165, 1.54) is 66.9 Å². The number of hydrogen-bond donors (Lipinski definition) is 5. The summed E-state index contributed by atoms with van der Waals surface area (Å²) in [5, 5.41) is 40.2. The zero-order chi connectivity index (χ0) is 34.4. The molecule has 4 aromatic rings. The molecule has 2 fully saturated rings. The second kappa shape index (κ2) is 16.3. The first-order valence-corrected chi connectivity index (χ1v) is 19.5. The number of ether oxygens (including phenoxy) is 1. The number of esters is 1. The van der Waals surface area contributed by atoms with Crippen molar-refractivity contribution in [2.75, 3.05) is 26.7 Å². The predicted molar refractivity (Wildman–Crippen MR) is 195 cm³/mol. The molecule has 49 heavy (non-hydrogen) atoms. The Labute approximate surface area is 296 Å². The van der Waals surface area contributed by atoms with Gasteiger partial charge in [-0.3, -0.25) is 4.79 Å². The summed E-state index contributed by atoms with van der Waals surface area (Å²) in [7, 11) is 2.22. The highest BCUT2D eigenvalue weighted by Crippen LogP contribution is 2.49. The monoisotopic (exact) mass is 707 g/mol. The molecule has 2 unspecified atom stereocenters. The van der Waals surface area contributed by atoms with E-state index in [1.54, 1.807) is 12.1 Å². The number of thiophene rings is 2. The maximum Gasteiger partial charge on any atom is 0.349 e. The zero-order valence-corrected chi connectivity index (χ0v) is 29.8. The lowest BCUT2D eigenvalue weighted by Gasteiger charge is -2.31. The van der Waals surface area contributed by atoms with Crippen molar-refractivity contribution < 1.29 is 24.9 Å². The van der Waals surface area contributed by atoms with E-state index in [1.807, 2.05) is 35.0 Å². The van der Waals surface area contributed by atoms with Gasteiger partial charge in [0.2, 0.25) is 11.2 Å². The van der Waals surface area contributed by atoms with Gasteiger partial charge in [-0.15, -0.1) is 22.7 Å². The van der Waals surface area contributed by atoms with E-state index in [2.05, 4.69) is 22.2 Å². The number of benzene rings is 1. The van der Waals surface area contributed by atoms with Gasteiger partial charge in [0.05, 0.1) is 21.4 Å². The number of carbonyl (C=O) groups excluding carboxylic acids is 1. The van der Waals surface area contributed by atoms with Gasteiger partial charge < -0.3 is 35.3 Å². The third-order valence-electron chi connectivity index (χ3n) is 10.6. The molecule has 3 heterocycles. The summed E-state index contributed by atoms with van der Waals surface area (Å²) >= 11 is 2.76. The SMILES string of the molecule is CN(CCCCCCCCCNC[C@H](O)c1ccc(O)c2[nH]c(=O)ccc12)C1C2CC[C@@H]1[C@H](OC(=O)C(O)(c1cccs1)c1cccs1)C2. The smallest absolute Gasteiger partial charge is 0.349 e. The fourth-order valence-corrected chi connectivity index (χ4v) is 9.83. The standard InChI is InChI=1S/C38H49N3O6S2/c1-41(36-25-13-14-28(36)31(23-25)47-37(45)38(46,32-11-9-21-48-32)33-12-10-22-49-33)20-8-6-4-2-3-5-7-19-39-24-30(43)26-15-17-29(42)35-27(26)16-18-34(44)40-35/h9-12,15-18,21-22,25,28,30-31,36,39,42-43,46H,2-8,13-14,19-20,23-24H2,1H3,(H,40,44)/t25?,28-,30+,31-,36?/m1/s1. The summed E-state index contributed by atoms with van der Waals surface area (Å²) in [5.41, 5.74) is -1.01. The van der Waals surface area contributed by atoms with Crippen molar-refractivity contribution in [3.63, 3.8) is 0 Å². The van der Waals surface area contributed by atoms with Crippen molar-refractivity contribution >= 4 is 39.5 Å². The number of fused-ring (bicyclic) bond motifs is 3. The molecule has 2 saturated carbocycles. The highest BCUT2D eigenvalue weighted by Gasteiger charge is 2.53. The Morgan fingerprint density at radius 2 is 1.69 bits per heavy atom. The van der Waals surface area contributed by atoms with Crippen LogP contribution in [0.4, 0.5) is 0 Å². The van der Waals surface area contributed by atoms with Gasteiger partial charge in [-0.2, -0.15) is 0 Å². The van der Waals surface area contributed by atoms with E-state index in [9.17, 15) is 24.9 Å². The number of H-pyrrole nitrogens is 1. The number of aliphatic hydroxyl groups is 2. The molecule has 0 saturated heterocycles. The van der Waals surface area contributed by atoms with Crippen LogP contribution in [0.15, 0.2) is 64.1 Å². The fraction of sp³-hybridized carbons (Fsp3) is 0.526. The summed E-state index contributed by atoms with van der Waals surface area (Å²) in [4.78, 5) is 31.6. The highest BCUT2D eigenvalue weighted by atomic mass is 32.1. The van der Waals surface area contributed by atoms with E-state index in [-0.39, 0.29) is 17.4 Å². The zero-order valence-electron chi connectivity index (χ0n) is 28.2. The molecular weight excluding hydrogens is 659 g/mol. The molecule has 264 valence electrons. The number of hydrogen-bond acceptors (Lipinski definition) is 10. The van der Waals surface area contributed by atoms with Gasteiger partial charge in [0, 0.05) is 30.0 Å². The lowest BCUT2D eigenvalue weighted by atomic mass is 9.96. The van der Waals surface area contributed by atoms with Crippen LogP contribution >= 0.6 is 22.7 Å². The Balaban J connectivity index is 0.852. The van der Waals surface area contributed by atoms with Crippen molar-refractivity contribution in [3.05, 3.63) is 85.0 Å². The molecule has 5 N–H and O–H groups in total. The van der Waals surface area contributed by atoms with E-state index in [4.69, 9.17) is 4.74 Å². The molecule has 6 rings (SSSR count). The maximum atomic E-state index is 13.6. The molecule has 2 aliphatic rings. The molecule has 2 aliphatic carbocycles. The molecule has 2 bridgehead atoms. The van der Waals surface area contributed by atoms with Crippen LogP contribution in [0, 0.1) is 11.8 Å². The number of pyridine rings is 1. The van der Waals surface area contributed by atoms with Gasteiger partial charge >= 0.3 is 5.97 Å². The molecule has 0 radical (unpaired) electrons. The molecular formula is C38H49N3O6S2.